The van der Waals surface area contributed by atoms with Crippen molar-refractivity contribution in [3.8, 4) is 0 Å². The summed E-state index contributed by atoms with van der Waals surface area (Å²) in [5.41, 5.74) is 0.484. The molecule has 0 amide bonds. The molecule has 1 unspecified atom stereocenters. The second-order valence-electron chi connectivity index (χ2n) is 4.11. The van der Waals surface area contributed by atoms with Crippen LogP contribution in [0.25, 0.3) is 0 Å². The lowest BCUT2D eigenvalue weighted by atomic mass is 10.0. The summed E-state index contributed by atoms with van der Waals surface area (Å²) >= 11 is 3.50. The minimum absolute atomic E-state index is 0.435. The lowest BCUT2D eigenvalue weighted by Gasteiger charge is -2.26. The predicted octanol–water partition coefficient (Wildman–Crippen LogP) is 3.25. The molecule has 0 saturated heterocycles. The van der Waals surface area contributed by atoms with E-state index in [1.165, 1.54) is 0 Å². The van der Waals surface area contributed by atoms with E-state index in [0.29, 0.717) is 0 Å². The number of aromatic nitrogens is 2. The molecule has 1 aromatic heterocycles. The maximum Gasteiger partial charge on any atom is 0.162 e. The van der Waals surface area contributed by atoms with E-state index in [1.54, 1.807) is 7.11 Å². The SMILES string of the molecule is CCNc1nc(C(C)(CC)OC)nc(C)c1Br. The van der Waals surface area contributed by atoms with Gasteiger partial charge in [0, 0.05) is 13.7 Å². The second kappa shape index (κ2) is 5.78. The van der Waals surface area contributed by atoms with Gasteiger partial charge in [-0.2, -0.15) is 0 Å². The molecule has 5 heteroatoms. The number of rotatable bonds is 5. The van der Waals surface area contributed by atoms with Crippen LogP contribution in [0.5, 0.6) is 0 Å². The van der Waals surface area contributed by atoms with E-state index >= 15 is 0 Å². The molecule has 1 aromatic rings. The number of aryl methyl sites for hydroxylation is 1. The van der Waals surface area contributed by atoms with Gasteiger partial charge < -0.3 is 10.1 Å². The molecule has 0 aliphatic heterocycles. The Morgan fingerprint density at radius 3 is 2.47 bits per heavy atom. The van der Waals surface area contributed by atoms with Gasteiger partial charge in [-0.15, -0.1) is 0 Å². The molecule has 1 heterocycles. The lowest BCUT2D eigenvalue weighted by Crippen LogP contribution is -2.27. The summed E-state index contributed by atoms with van der Waals surface area (Å²) in [6.07, 6.45) is 0.830. The van der Waals surface area contributed by atoms with Gasteiger partial charge >= 0.3 is 0 Å². The molecular weight excluding hydrogens is 282 g/mol. The number of hydrogen-bond acceptors (Lipinski definition) is 4. The smallest absolute Gasteiger partial charge is 0.162 e. The molecule has 17 heavy (non-hydrogen) atoms. The van der Waals surface area contributed by atoms with Gasteiger partial charge in [-0.3, -0.25) is 0 Å². The first-order valence-electron chi connectivity index (χ1n) is 5.82. The van der Waals surface area contributed by atoms with Crippen LogP contribution in [0.1, 0.15) is 38.7 Å². The number of nitrogens with one attached hydrogen (secondary N) is 1. The normalized spacial score (nSPS) is 14.5. The predicted molar refractivity (Wildman–Crippen MR) is 73.3 cm³/mol. The highest BCUT2D eigenvalue weighted by molar-refractivity contribution is 9.10. The standard InChI is InChI=1S/C12H20BrN3O/c1-6-12(4,17-5)11-15-8(3)9(13)10(16-11)14-7-2/h6-7H2,1-5H3,(H,14,15,16). The summed E-state index contributed by atoms with van der Waals surface area (Å²) in [5.74, 6) is 1.55. The van der Waals surface area contributed by atoms with Crippen LogP contribution in [-0.4, -0.2) is 23.6 Å². The van der Waals surface area contributed by atoms with E-state index in [2.05, 4.69) is 38.1 Å². The third-order valence-corrected chi connectivity index (χ3v) is 3.91. The summed E-state index contributed by atoms with van der Waals surface area (Å²) in [7, 11) is 1.69. The average Bonchev–Trinajstić information content (AvgIpc) is 2.34. The van der Waals surface area contributed by atoms with Crippen molar-refractivity contribution in [2.45, 2.75) is 39.7 Å². The van der Waals surface area contributed by atoms with Crippen molar-refractivity contribution in [1.82, 2.24) is 9.97 Å². The average molecular weight is 302 g/mol. The van der Waals surface area contributed by atoms with Gasteiger partial charge in [-0.25, -0.2) is 9.97 Å². The quantitative estimate of drug-likeness (QED) is 0.907. The van der Waals surface area contributed by atoms with Gasteiger partial charge in [0.25, 0.3) is 0 Å². The van der Waals surface area contributed by atoms with Crippen molar-refractivity contribution < 1.29 is 4.74 Å². The lowest BCUT2D eigenvalue weighted by molar-refractivity contribution is -0.00902. The summed E-state index contributed by atoms with van der Waals surface area (Å²) in [5, 5.41) is 3.22. The van der Waals surface area contributed by atoms with Gasteiger partial charge in [0.15, 0.2) is 5.82 Å². The second-order valence-corrected chi connectivity index (χ2v) is 4.91. The van der Waals surface area contributed by atoms with Crippen LogP contribution in [0.15, 0.2) is 4.47 Å². The third-order valence-electron chi connectivity index (χ3n) is 2.96. The number of ether oxygens (including phenoxy) is 1. The number of methoxy groups -OCH3 is 1. The fraction of sp³-hybridized carbons (Fsp3) is 0.667. The molecule has 0 fully saturated rings. The summed E-state index contributed by atoms with van der Waals surface area (Å²) in [6.45, 7) is 8.90. The van der Waals surface area contributed by atoms with Gasteiger partial charge in [0.05, 0.1) is 10.2 Å². The molecule has 96 valence electrons. The maximum absolute atomic E-state index is 5.53. The first-order valence-corrected chi connectivity index (χ1v) is 6.61. The number of halogens is 1. The molecule has 0 spiro atoms. The number of anilines is 1. The molecule has 0 aliphatic rings. The van der Waals surface area contributed by atoms with Crippen molar-refractivity contribution in [3.63, 3.8) is 0 Å². The van der Waals surface area contributed by atoms with Gasteiger partial charge in [-0.1, -0.05) is 6.92 Å². The molecule has 0 radical (unpaired) electrons. The van der Waals surface area contributed by atoms with Crippen LogP contribution in [0.4, 0.5) is 5.82 Å². The molecule has 1 N–H and O–H groups in total. The molecule has 1 rings (SSSR count). The van der Waals surface area contributed by atoms with Crippen LogP contribution in [0.3, 0.4) is 0 Å². The van der Waals surface area contributed by atoms with E-state index in [1.807, 2.05) is 20.8 Å². The molecule has 0 aliphatic carbocycles. The monoisotopic (exact) mass is 301 g/mol. The third kappa shape index (κ3) is 2.96. The van der Waals surface area contributed by atoms with E-state index in [-0.39, 0.29) is 0 Å². The van der Waals surface area contributed by atoms with Gasteiger partial charge in [-0.05, 0) is 43.1 Å². The fourth-order valence-electron chi connectivity index (χ4n) is 1.47. The zero-order chi connectivity index (χ0) is 13.1. The van der Waals surface area contributed by atoms with E-state index < -0.39 is 5.60 Å². The maximum atomic E-state index is 5.53. The molecular formula is C12H20BrN3O. The van der Waals surface area contributed by atoms with E-state index in [0.717, 1.165) is 34.8 Å². The molecule has 4 nitrogen and oxygen atoms in total. The Bertz CT molecular complexity index is 392. The van der Waals surface area contributed by atoms with Crippen LogP contribution in [0, 0.1) is 6.92 Å². The van der Waals surface area contributed by atoms with Crippen molar-refractivity contribution >= 4 is 21.7 Å². The highest BCUT2D eigenvalue weighted by Crippen LogP contribution is 2.30. The van der Waals surface area contributed by atoms with E-state index in [4.69, 9.17) is 4.74 Å². The zero-order valence-electron chi connectivity index (χ0n) is 11.1. The molecule has 0 aromatic carbocycles. The Morgan fingerprint density at radius 1 is 1.35 bits per heavy atom. The zero-order valence-corrected chi connectivity index (χ0v) is 12.7. The first-order chi connectivity index (χ1) is 7.98. The molecule has 0 saturated carbocycles. The fourth-order valence-corrected chi connectivity index (χ4v) is 1.79. The highest BCUT2D eigenvalue weighted by Gasteiger charge is 2.28. The van der Waals surface area contributed by atoms with Crippen molar-refractivity contribution in [1.29, 1.82) is 0 Å². The molecule has 0 bridgehead atoms. The Morgan fingerprint density at radius 2 is 2.00 bits per heavy atom. The number of nitrogens with zero attached hydrogens (tertiary/aromatic N) is 2. The largest absolute Gasteiger partial charge is 0.371 e. The highest BCUT2D eigenvalue weighted by atomic mass is 79.9. The van der Waals surface area contributed by atoms with E-state index in [9.17, 15) is 0 Å². The first kappa shape index (κ1) is 14.4. The topological polar surface area (TPSA) is 47.0 Å². The summed E-state index contributed by atoms with van der Waals surface area (Å²) in [6, 6.07) is 0. The summed E-state index contributed by atoms with van der Waals surface area (Å²) in [4.78, 5) is 9.05. The van der Waals surface area contributed by atoms with Crippen molar-refractivity contribution in [2.24, 2.45) is 0 Å². The number of hydrogen-bond donors (Lipinski definition) is 1. The molecule has 1 atom stereocenters. The van der Waals surface area contributed by atoms with Crippen molar-refractivity contribution in [3.05, 3.63) is 16.0 Å². The van der Waals surface area contributed by atoms with Crippen LogP contribution < -0.4 is 5.32 Å². The van der Waals surface area contributed by atoms with Crippen molar-refractivity contribution in [2.75, 3.05) is 19.0 Å². The van der Waals surface area contributed by atoms with Gasteiger partial charge in [0.2, 0.25) is 0 Å². The van der Waals surface area contributed by atoms with Crippen LogP contribution >= 0.6 is 15.9 Å². The van der Waals surface area contributed by atoms with Crippen LogP contribution in [-0.2, 0) is 10.3 Å². The van der Waals surface area contributed by atoms with Gasteiger partial charge in [0.1, 0.15) is 11.4 Å². The Labute approximate surface area is 111 Å². The minimum Gasteiger partial charge on any atom is -0.371 e. The van der Waals surface area contributed by atoms with Crippen LogP contribution in [0.2, 0.25) is 0 Å². The minimum atomic E-state index is -0.435. The Hall–Kier alpha value is -0.680. The Kier molecular flexibility index (Phi) is 4.89. The Balaban J connectivity index is 3.26. The summed E-state index contributed by atoms with van der Waals surface area (Å²) < 4.78 is 6.45.